The van der Waals surface area contributed by atoms with Gasteiger partial charge in [-0.15, -0.1) is 0 Å². The monoisotopic (exact) mass is 338 g/mol. The zero-order chi connectivity index (χ0) is 18.3. The summed E-state index contributed by atoms with van der Waals surface area (Å²) in [4.78, 5) is 34.9. The normalized spacial score (nSPS) is 16.7. The van der Waals surface area contributed by atoms with Gasteiger partial charge in [0.25, 0.3) is 0 Å². The van der Waals surface area contributed by atoms with E-state index in [0.717, 1.165) is 5.84 Å². The number of hydrogen-bond acceptors (Lipinski definition) is 6. The summed E-state index contributed by atoms with van der Waals surface area (Å²) in [5.41, 5.74) is -0.456. The SMILES string of the molecule is C=NC(=CN=C(C)N1CCN(C(=O)OC(C)(C)C)CC1)C(=O)OC. The summed E-state index contributed by atoms with van der Waals surface area (Å²) >= 11 is 0. The fourth-order valence-electron chi connectivity index (χ4n) is 2.04. The predicted octanol–water partition coefficient (Wildman–Crippen LogP) is 1.67. The van der Waals surface area contributed by atoms with Crippen molar-refractivity contribution in [1.29, 1.82) is 0 Å². The predicted molar refractivity (Wildman–Crippen MR) is 92.1 cm³/mol. The summed E-state index contributed by atoms with van der Waals surface area (Å²) in [6.45, 7) is 13.1. The minimum atomic E-state index is -0.587. The van der Waals surface area contributed by atoms with Crippen LogP contribution in [0, 0.1) is 0 Å². The molecule has 0 aromatic heterocycles. The van der Waals surface area contributed by atoms with Crippen LogP contribution >= 0.6 is 0 Å². The number of piperazine rings is 1. The quantitative estimate of drug-likeness (QED) is 0.338. The molecule has 0 saturated carbocycles. The Labute approximate surface area is 142 Å². The number of nitrogens with zero attached hydrogens (tertiary/aromatic N) is 4. The molecule has 1 rings (SSSR count). The van der Waals surface area contributed by atoms with Gasteiger partial charge in [-0.1, -0.05) is 0 Å². The number of esters is 1. The lowest BCUT2D eigenvalue weighted by molar-refractivity contribution is -0.136. The summed E-state index contributed by atoms with van der Waals surface area (Å²) in [5, 5.41) is 0. The van der Waals surface area contributed by atoms with Crippen LogP contribution in [-0.4, -0.2) is 73.3 Å². The Hall–Kier alpha value is -2.38. The van der Waals surface area contributed by atoms with Gasteiger partial charge >= 0.3 is 12.1 Å². The van der Waals surface area contributed by atoms with Gasteiger partial charge in [0.2, 0.25) is 0 Å². The largest absolute Gasteiger partial charge is 0.464 e. The zero-order valence-electron chi connectivity index (χ0n) is 15.0. The van der Waals surface area contributed by atoms with E-state index in [0.29, 0.717) is 26.2 Å². The lowest BCUT2D eigenvalue weighted by Gasteiger charge is -2.36. The molecule has 0 spiro atoms. The maximum atomic E-state index is 12.0. The van der Waals surface area contributed by atoms with Gasteiger partial charge in [0.1, 0.15) is 11.4 Å². The maximum Gasteiger partial charge on any atom is 0.410 e. The van der Waals surface area contributed by atoms with E-state index in [-0.39, 0.29) is 11.8 Å². The van der Waals surface area contributed by atoms with E-state index in [1.807, 2.05) is 32.6 Å². The van der Waals surface area contributed by atoms with Crippen LogP contribution in [0.4, 0.5) is 4.79 Å². The highest BCUT2D eigenvalue weighted by molar-refractivity contribution is 5.89. The molecule has 1 saturated heterocycles. The number of aliphatic imine (C=N–C) groups is 2. The number of rotatable bonds is 3. The van der Waals surface area contributed by atoms with Gasteiger partial charge in [-0.3, -0.25) is 4.99 Å². The molecule has 1 heterocycles. The second-order valence-corrected chi connectivity index (χ2v) is 6.29. The molecule has 8 heteroatoms. The third-order valence-corrected chi connectivity index (χ3v) is 3.33. The first-order chi connectivity index (χ1) is 11.2. The molecular weight excluding hydrogens is 312 g/mol. The van der Waals surface area contributed by atoms with Gasteiger partial charge in [-0.25, -0.2) is 14.6 Å². The molecule has 8 nitrogen and oxygen atoms in total. The standard InChI is InChI=1S/C16H26N4O4/c1-12(18-11-13(17-5)14(21)23-6)19-7-9-20(10-8-19)15(22)24-16(2,3)4/h11H,5,7-10H2,1-4,6H3. The Kier molecular flexibility index (Phi) is 6.94. The second kappa shape index (κ2) is 8.47. The Morgan fingerprint density at radius 2 is 1.67 bits per heavy atom. The van der Waals surface area contributed by atoms with Gasteiger partial charge in [0, 0.05) is 26.2 Å². The molecule has 0 bridgehead atoms. The third-order valence-electron chi connectivity index (χ3n) is 3.33. The summed E-state index contributed by atoms with van der Waals surface area (Å²) in [5.74, 6) is 0.139. The lowest BCUT2D eigenvalue weighted by atomic mass is 10.2. The smallest absolute Gasteiger partial charge is 0.410 e. The topological polar surface area (TPSA) is 83.8 Å². The molecular formula is C16H26N4O4. The fraction of sp³-hybridized carbons (Fsp3) is 0.625. The van der Waals surface area contributed by atoms with Gasteiger partial charge < -0.3 is 19.3 Å². The number of amides is 1. The minimum absolute atomic E-state index is 0.0456. The van der Waals surface area contributed by atoms with Gasteiger partial charge in [0.05, 0.1) is 13.3 Å². The van der Waals surface area contributed by atoms with Crippen molar-refractivity contribution in [2.45, 2.75) is 33.3 Å². The van der Waals surface area contributed by atoms with E-state index < -0.39 is 11.6 Å². The van der Waals surface area contributed by atoms with Crippen molar-refractivity contribution in [2.24, 2.45) is 9.98 Å². The Balaban J connectivity index is 2.62. The van der Waals surface area contributed by atoms with Crippen molar-refractivity contribution in [1.82, 2.24) is 9.80 Å². The number of methoxy groups -OCH3 is 1. The molecule has 1 aliphatic rings. The lowest BCUT2D eigenvalue weighted by Crippen LogP contribution is -2.51. The second-order valence-electron chi connectivity index (χ2n) is 6.29. The summed E-state index contributed by atoms with van der Waals surface area (Å²) < 4.78 is 9.94. The van der Waals surface area contributed by atoms with Gasteiger partial charge in [-0.05, 0) is 34.4 Å². The zero-order valence-corrected chi connectivity index (χ0v) is 15.0. The van der Waals surface area contributed by atoms with Crippen LogP contribution in [0.1, 0.15) is 27.7 Å². The first-order valence-electron chi connectivity index (χ1n) is 7.70. The van der Waals surface area contributed by atoms with Crippen molar-refractivity contribution in [3.05, 3.63) is 11.9 Å². The highest BCUT2D eigenvalue weighted by atomic mass is 16.6. The van der Waals surface area contributed by atoms with Crippen LogP contribution in [0.5, 0.6) is 0 Å². The van der Waals surface area contributed by atoms with Gasteiger partial charge in [0.15, 0.2) is 5.70 Å². The van der Waals surface area contributed by atoms with E-state index in [9.17, 15) is 9.59 Å². The average Bonchev–Trinajstić information content (AvgIpc) is 2.53. The number of carbonyl (C=O) groups excluding carboxylic acids is 2. The highest BCUT2D eigenvalue weighted by Gasteiger charge is 2.26. The van der Waals surface area contributed by atoms with Crippen molar-refractivity contribution in [2.75, 3.05) is 33.3 Å². The van der Waals surface area contributed by atoms with Crippen LogP contribution in [0.15, 0.2) is 21.9 Å². The van der Waals surface area contributed by atoms with E-state index in [2.05, 4.69) is 21.4 Å². The van der Waals surface area contributed by atoms with Crippen LogP contribution in [0.2, 0.25) is 0 Å². The summed E-state index contributed by atoms with van der Waals surface area (Å²) in [6, 6.07) is 0. The molecule has 0 atom stereocenters. The van der Waals surface area contributed by atoms with Crippen LogP contribution in [0.25, 0.3) is 0 Å². The van der Waals surface area contributed by atoms with Crippen molar-refractivity contribution in [3.63, 3.8) is 0 Å². The average molecular weight is 338 g/mol. The molecule has 134 valence electrons. The molecule has 24 heavy (non-hydrogen) atoms. The minimum Gasteiger partial charge on any atom is -0.464 e. The van der Waals surface area contributed by atoms with Crippen LogP contribution in [0.3, 0.4) is 0 Å². The molecule has 0 aliphatic carbocycles. The Morgan fingerprint density at radius 1 is 1.12 bits per heavy atom. The van der Waals surface area contributed by atoms with Crippen LogP contribution in [-0.2, 0) is 14.3 Å². The van der Waals surface area contributed by atoms with Crippen molar-refractivity contribution in [3.8, 4) is 0 Å². The van der Waals surface area contributed by atoms with Crippen molar-refractivity contribution >= 4 is 24.6 Å². The fourth-order valence-corrected chi connectivity index (χ4v) is 2.04. The molecule has 0 unspecified atom stereocenters. The summed E-state index contributed by atoms with van der Waals surface area (Å²) in [7, 11) is 1.27. The molecule has 0 aromatic rings. The molecule has 1 fully saturated rings. The van der Waals surface area contributed by atoms with E-state index in [4.69, 9.17) is 4.74 Å². The third kappa shape index (κ3) is 6.02. The van der Waals surface area contributed by atoms with E-state index in [1.54, 1.807) is 4.90 Å². The first-order valence-corrected chi connectivity index (χ1v) is 7.70. The van der Waals surface area contributed by atoms with Gasteiger partial charge in [-0.2, -0.15) is 0 Å². The first kappa shape index (κ1) is 19.7. The Morgan fingerprint density at radius 3 is 2.12 bits per heavy atom. The number of carbonyl (C=O) groups is 2. The summed E-state index contributed by atoms with van der Waals surface area (Å²) in [6.07, 6.45) is 1.02. The highest BCUT2D eigenvalue weighted by Crippen LogP contribution is 2.12. The Bertz CT molecular complexity index is 541. The number of amidine groups is 1. The van der Waals surface area contributed by atoms with E-state index >= 15 is 0 Å². The maximum absolute atomic E-state index is 12.0. The molecule has 0 radical (unpaired) electrons. The molecule has 1 amide bonds. The molecule has 0 aromatic carbocycles. The van der Waals surface area contributed by atoms with E-state index in [1.165, 1.54) is 13.3 Å². The number of ether oxygens (including phenoxy) is 2. The number of hydrogen-bond donors (Lipinski definition) is 0. The van der Waals surface area contributed by atoms with Crippen LogP contribution < -0.4 is 0 Å². The molecule has 0 N–H and O–H groups in total. The van der Waals surface area contributed by atoms with Crippen molar-refractivity contribution < 1.29 is 19.1 Å². The molecule has 1 aliphatic heterocycles.